The zero-order chi connectivity index (χ0) is 35.0. The van der Waals surface area contributed by atoms with Gasteiger partial charge >= 0.3 is 0 Å². The average Bonchev–Trinajstić information content (AvgIpc) is 3.89. The summed E-state index contributed by atoms with van der Waals surface area (Å²) in [6, 6.07) is 60.6. The number of benzene rings is 8. The Morgan fingerprint density at radius 2 is 1.15 bits per heavy atom. The van der Waals surface area contributed by atoms with Crippen molar-refractivity contribution < 1.29 is 8.81 Å². The minimum Gasteiger partial charge on any atom is -0.456 e. The van der Waals surface area contributed by atoms with Crippen LogP contribution in [0.25, 0.3) is 80.7 Å². The van der Waals surface area contributed by atoms with Gasteiger partial charge in [-0.15, -0.1) is 11.3 Å². The fourth-order valence-corrected chi connectivity index (χ4v) is 9.29. The first-order chi connectivity index (χ1) is 26.2. The van der Waals surface area contributed by atoms with Crippen molar-refractivity contribution in [2.75, 3.05) is 4.90 Å². The van der Waals surface area contributed by atoms with Crippen LogP contribution in [0.4, 0.5) is 21.5 Å². The number of para-hydroxylation sites is 2. The molecule has 11 rings (SSSR count). The van der Waals surface area contributed by atoms with Gasteiger partial charge in [-0.25, -0.2) is 4.39 Å². The number of thiophene rings is 1. The summed E-state index contributed by atoms with van der Waals surface area (Å²) in [7, 11) is 0. The van der Waals surface area contributed by atoms with E-state index in [0.717, 1.165) is 77.6 Å². The molecule has 0 atom stereocenters. The Bertz CT molecular complexity index is 3190. The van der Waals surface area contributed by atoms with Crippen LogP contribution in [0.1, 0.15) is 0 Å². The Morgan fingerprint density at radius 3 is 2.02 bits per heavy atom. The smallest absolute Gasteiger partial charge is 0.137 e. The van der Waals surface area contributed by atoms with E-state index in [2.05, 4.69) is 149 Å². The molecule has 3 aromatic heterocycles. The van der Waals surface area contributed by atoms with E-state index in [1.807, 2.05) is 35.6 Å². The number of hydrogen-bond donors (Lipinski definition) is 0. The number of fused-ring (bicyclic) bond motifs is 9. The molecule has 3 nitrogen and oxygen atoms in total. The molecule has 0 aliphatic carbocycles. The van der Waals surface area contributed by atoms with Crippen molar-refractivity contribution in [3.05, 3.63) is 182 Å². The lowest BCUT2D eigenvalue weighted by molar-refractivity contribution is 0.627. The zero-order valence-corrected chi connectivity index (χ0v) is 29.1. The van der Waals surface area contributed by atoms with Gasteiger partial charge in [-0.05, 0) is 96.1 Å². The highest BCUT2D eigenvalue weighted by atomic mass is 32.1. The number of halogens is 1. The Hall–Kier alpha value is -6.69. The molecule has 0 aliphatic rings. The van der Waals surface area contributed by atoms with E-state index in [4.69, 9.17) is 4.42 Å². The van der Waals surface area contributed by atoms with Gasteiger partial charge in [0.15, 0.2) is 0 Å². The Balaban J connectivity index is 1.09. The van der Waals surface area contributed by atoms with Crippen molar-refractivity contribution in [3.63, 3.8) is 0 Å². The van der Waals surface area contributed by atoms with Crippen molar-refractivity contribution in [2.24, 2.45) is 0 Å². The van der Waals surface area contributed by atoms with E-state index in [9.17, 15) is 4.39 Å². The lowest BCUT2D eigenvalue weighted by Gasteiger charge is -2.27. The maximum Gasteiger partial charge on any atom is 0.137 e. The lowest BCUT2D eigenvalue weighted by Crippen LogP contribution is -2.10. The summed E-state index contributed by atoms with van der Waals surface area (Å²) < 4.78 is 25.0. The summed E-state index contributed by atoms with van der Waals surface area (Å²) in [4.78, 5) is 2.39. The zero-order valence-electron chi connectivity index (χ0n) is 28.3. The Labute approximate surface area is 308 Å². The molecule has 0 bridgehead atoms. The Morgan fingerprint density at radius 1 is 0.491 bits per heavy atom. The highest BCUT2D eigenvalue weighted by molar-refractivity contribution is 7.26. The van der Waals surface area contributed by atoms with Gasteiger partial charge < -0.3 is 13.9 Å². The third kappa shape index (κ3) is 4.64. The maximum absolute atomic E-state index is 13.9. The number of furan rings is 1. The molecule has 0 unspecified atom stereocenters. The van der Waals surface area contributed by atoms with Crippen molar-refractivity contribution >= 4 is 92.3 Å². The topological polar surface area (TPSA) is 21.3 Å². The summed E-state index contributed by atoms with van der Waals surface area (Å²) in [5.74, 6) is -0.242. The average molecular weight is 701 g/mol. The second kappa shape index (κ2) is 11.7. The first-order valence-corrected chi connectivity index (χ1v) is 18.5. The summed E-state index contributed by atoms with van der Waals surface area (Å²) >= 11 is 1.83. The molecule has 11 aromatic rings. The summed E-state index contributed by atoms with van der Waals surface area (Å²) in [6.07, 6.45) is 0. The number of rotatable bonds is 5. The van der Waals surface area contributed by atoms with Crippen LogP contribution in [-0.2, 0) is 0 Å². The van der Waals surface area contributed by atoms with Crippen LogP contribution >= 0.6 is 11.3 Å². The normalized spacial score (nSPS) is 11.9. The van der Waals surface area contributed by atoms with E-state index >= 15 is 0 Å². The number of anilines is 3. The molecule has 0 N–H and O–H groups in total. The lowest BCUT2D eigenvalue weighted by atomic mass is 10.0. The largest absolute Gasteiger partial charge is 0.456 e. The molecule has 0 saturated carbocycles. The van der Waals surface area contributed by atoms with Gasteiger partial charge in [0.2, 0.25) is 0 Å². The molecule has 3 heterocycles. The maximum atomic E-state index is 13.9. The first-order valence-electron chi connectivity index (χ1n) is 17.7. The monoisotopic (exact) mass is 700 g/mol. The number of hydrogen-bond acceptors (Lipinski definition) is 3. The van der Waals surface area contributed by atoms with Crippen LogP contribution in [0.2, 0.25) is 0 Å². The highest BCUT2D eigenvalue weighted by Crippen LogP contribution is 2.48. The molecule has 0 radical (unpaired) electrons. The molecule has 53 heavy (non-hydrogen) atoms. The van der Waals surface area contributed by atoms with E-state index in [1.165, 1.54) is 32.3 Å². The van der Waals surface area contributed by atoms with Gasteiger partial charge in [-0.3, -0.25) is 0 Å². The minimum absolute atomic E-state index is 0.242. The SMILES string of the molecule is Fc1ccc(-n2c3ccccc3c3cc(-c4ccc(N(c5cccc6c5sc5ccccc56)c5cccc6oc7ccccc7c56)cc4)ccc32)cc1. The van der Waals surface area contributed by atoms with E-state index < -0.39 is 0 Å². The third-order valence-electron chi connectivity index (χ3n) is 10.5. The minimum atomic E-state index is -0.242. The second-order valence-corrected chi connectivity index (χ2v) is 14.5. The molecule has 8 aromatic carbocycles. The van der Waals surface area contributed by atoms with Gasteiger partial charge in [0.25, 0.3) is 0 Å². The fourth-order valence-electron chi connectivity index (χ4n) is 8.08. The van der Waals surface area contributed by atoms with Crippen molar-refractivity contribution in [3.8, 4) is 16.8 Å². The predicted molar refractivity (Wildman–Crippen MR) is 221 cm³/mol. The molecule has 0 spiro atoms. The van der Waals surface area contributed by atoms with Crippen LogP contribution in [0, 0.1) is 5.82 Å². The number of aromatic nitrogens is 1. The van der Waals surface area contributed by atoms with Crippen LogP contribution in [-0.4, -0.2) is 4.57 Å². The van der Waals surface area contributed by atoms with Crippen LogP contribution in [0.15, 0.2) is 180 Å². The molecule has 0 amide bonds. The summed E-state index contributed by atoms with van der Waals surface area (Å²) in [5, 5.41) is 7.02. The molecule has 0 fully saturated rings. The molecule has 0 aliphatic heterocycles. The third-order valence-corrected chi connectivity index (χ3v) is 11.7. The first kappa shape index (κ1) is 30.0. The van der Waals surface area contributed by atoms with E-state index in [-0.39, 0.29) is 5.82 Å². The van der Waals surface area contributed by atoms with Crippen LogP contribution in [0.5, 0.6) is 0 Å². The molecule has 250 valence electrons. The fraction of sp³-hybridized carbons (Fsp3) is 0. The van der Waals surface area contributed by atoms with Gasteiger partial charge in [-0.1, -0.05) is 91.0 Å². The summed E-state index contributed by atoms with van der Waals surface area (Å²) in [5.41, 5.74) is 10.4. The molecular weight excluding hydrogens is 672 g/mol. The quantitative estimate of drug-likeness (QED) is 0.178. The predicted octanol–water partition coefficient (Wildman–Crippen LogP) is 14.3. The van der Waals surface area contributed by atoms with Gasteiger partial charge in [-0.2, -0.15) is 0 Å². The van der Waals surface area contributed by atoms with Crippen molar-refractivity contribution in [1.29, 1.82) is 0 Å². The van der Waals surface area contributed by atoms with E-state index in [0.29, 0.717) is 0 Å². The van der Waals surface area contributed by atoms with Gasteiger partial charge in [0, 0.05) is 43.0 Å². The molecule has 0 saturated heterocycles. The highest BCUT2D eigenvalue weighted by Gasteiger charge is 2.22. The second-order valence-electron chi connectivity index (χ2n) is 13.4. The standard InChI is InChI=1S/C48H29FN2OS/c49-32-22-26-34(27-23-32)50-40-13-4-1-9-35(40)39-29-31(21-28-41(39)50)30-19-24-33(25-20-30)51(42-14-8-17-45-47(42)38-11-2-5-16-44(38)52-45)43-15-7-12-37-36-10-3-6-18-46(36)53-48(37)43/h1-29H. The van der Waals surface area contributed by atoms with Gasteiger partial charge in [0.05, 0.1) is 32.5 Å². The summed E-state index contributed by atoms with van der Waals surface area (Å²) in [6.45, 7) is 0. The number of nitrogens with zero attached hydrogens (tertiary/aromatic N) is 2. The van der Waals surface area contributed by atoms with Crippen molar-refractivity contribution in [2.45, 2.75) is 0 Å². The Kier molecular flexibility index (Phi) is 6.60. The van der Waals surface area contributed by atoms with Crippen LogP contribution in [0.3, 0.4) is 0 Å². The van der Waals surface area contributed by atoms with Crippen LogP contribution < -0.4 is 4.90 Å². The molecule has 5 heteroatoms. The molecular formula is C48H29FN2OS. The van der Waals surface area contributed by atoms with E-state index in [1.54, 1.807) is 0 Å². The van der Waals surface area contributed by atoms with Crippen molar-refractivity contribution in [1.82, 2.24) is 4.57 Å². The van der Waals surface area contributed by atoms with Gasteiger partial charge in [0.1, 0.15) is 17.0 Å².